The lowest BCUT2D eigenvalue weighted by Crippen LogP contribution is -1.84. The third-order valence-corrected chi connectivity index (χ3v) is 3.41. The van der Waals surface area contributed by atoms with Gasteiger partial charge in [0, 0.05) is 20.1 Å². The van der Waals surface area contributed by atoms with Crippen LogP contribution in [0.5, 0.6) is 0 Å². The highest BCUT2D eigenvalue weighted by atomic mass is 79.9. The quantitative estimate of drug-likeness (QED) is 0.558. The molecule has 0 heterocycles. The Kier molecular flexibility index (Phi) is 8.77. The molecule has 1 rings (SSSR count). The number of benzene rings is 1. The predicted molar refractivity (Wildman–Crippen MR) is 104 cm³/mol. The van der Waals surface area contributed by atoms with Gasteiger partial charge in [-0.1, -0.05) is 11.8 Å². The molecule has 0 aliphatic heterocycles. The molecule has 0 atom stereocenters. The Bertz CT molecular complexity index is 1020. The molecular weight excluding hydrogens is 424 g/mol. The van der Waals surface area contributed by atoms with Gasteiger partial charge in [0.1, 0.15) is 0 Å². The maximum absolute atomic E-state index is 4.98. The molecule has 0 amide bonds. The van der Waals surface area contributed by atoms with E-state index in [1.165, 1.54) is 0 Å². The zero-order valence-electron chi connectivity index (χ0n) is 12.1. The minimum absolute atomic E-state index is 0.762. The summed E-state index contributed by atoms with van der Waals surface area (Å²) in [5.74, 6) is 35.5. The fourth-order valence-corrected chi connectivity index (χ4v) is 2.08. The molecular formula is C22H4Br2. The van der Waals surface area contributed by atoms with E-state index in [4.69, 9.17) is 12.8 Å². The molecule has 0 saturated heterocycles. The van der Waals surface area contributed by atoms with Crippen LogP contribution in [0.15, 0.2) is 21.1 Å². The summed E-state index contributed by atoms with van der Waals surface area (Å²) in [4.78, 5) is 0. The van der Waals surface area contributed by atoms with Gasteiger partial charge >= 0.3 is 0 Å². The van der Waals surface area contributed by atoms with E-state index < -0.39 is 0 Å². The lowest BCUT2D eigenvalue weighted by molar-refractivity contribution is 1.51. The zero-order valence-corrected chi connectivity index (χ0v) is 15.2. The SMILES string of the molecule is C#CC#CC#CC#Cc1cc(Br)c(C#CC#CC#CC#C)cc1Br. The summed E-state index contributed by atoms with van der Waals surface area (Å²) < 4.78 is 1.58. The van der Waals surface area contributed by atoms with E-state index in [9.17, 15) is 0 Å². The van der Waals surface area contributed by atoms with Crippen LogP contribution in [0.4, 0.5) is 0 Å². The van der Waals surface area contributed by atoms with Crippen LogP contribution >= 0.6 is 31.9 Å². The van der Waals surface area contributed by atoms with Crippen LogP contribution in [0.25, 0.3) is 0 Å². The maximum Gasteiger partial charge on any atom is 0.0409 e. The Morgan fingerprint density at radius 1 is 0.542 bits per heavy atom. The van der Waals surface area contributed by atoms with Gasteiger partial charge < -0.3 is 0 Å². The molecule has 0 saturated carbocycles. The van der Waals surface area contributed by atoms with Gasteiger partial charge in [0.15, 0.2) is 0 Å². The molecule has 2 heteroatoms. The van der Waals surface area contributed by atoms with Gasteiger partial charge in [0.2, 0.25) is 0 Å². The highest BCUT2D eigenvalue weighted by Gasteiger charge is 2.03. The van der Waals surface area contributed by atoms with Gasteiger partial charge in [-0.15, -0.1) is 12.8 Å². The highest BCUT2D eigenvalue weighted by Crippen LogP contribution is 2.25. The number of halogens is 2. The first kappa shape index (κ1) is 18.7. The van der Waals surface area contributed by atoms with Crippen LogP contribution in [0.3, 0.4) is 0 Å². The van der Waals surface area contributed by atoms with Crippen LogP contribution in [0.2, 0.25) is 0 Å². The van der Waals surface area contributed by atoms with Crippen molar-refractivity contribution in [1.29, 1.82) is 0 Å². The van der Waals surface area contributed by atoms with Crippen LogP contribution in [0.1, 0.15) is 11.1 Å². The second-order valence-corrected chi connectivity index (χ2v) is 5.31. The topological polar surface area (TPSA) is 0 Å². The van der Waals surface area contributed by atoms with E-state index in [0.29, 0.717) is 0 Å². The van der Waals surface area contributed by atoms with Crippen molar-refractivity contribution in [3.63, 3.8) is 0 Å². The molecule has 0 aliphatic rings. The largest absolute Gasteiger partial charge is 0.106 e. The van der Waals surface area contributed by atoms with Crippen LogP contribution in [-0.2, 0) is 0 Å². The first-order chi connectivity index (χ1) is 11.7. The summed E-state index contributed by atoms with van der Waals surface area (Å²) in [7, 11) is 0. The third-order valence-electron chi connectivity index (χ3n) is 2.10. The molecule has 0 aromatic heterocycles. The van der Waals surface area contributed by atoms with E-state index in [0.717, 1.165) is 20.1 Å². The molecule has 0 bridgehead atoms. The van der Waals surface area contributed by atoms with E-state index in [-0.39, 0.29) is 0 Å². The molecule has 0 N–H and O–H groups in total. The Balaban J connectivity index is 3.02. The summed E-state index contributed by atoms with van der Waals surface area (Å²) in [5, 5.41) is 0. The van der Waals surface area contributed by atoms with Gasteiger partial charge in [-0.2, -0.15) is 0 Å². The number of terminal acetylenes is 2. The van der Waals surface area contributed by atoms with Crippen molar-refractivity contribution in [3.05, 3.63) is 32.2 Å². The summed E-state index contributed by atoms with van der Waals surface area (Å²) in [6, 6.07) is 3.67. The van der Waals surface area contributed by atoms with E-state index in [1.54, 1.807) is 0 Å². The number of hydrogen-bond donors (Lipinski definition) is 0. The average molecular weight is 428 g/mol. The van der Waals surface area contributed by atoms with E-state index >= 15 is 0 Å². The van der Waals surface area contributed by atoms with Crippen LogP contribution < -0.4 is 0 Å². The molecule has 0 spiro atoms. The summed E-state index contributed by atoms with van der Waals surface area (Å²) in [6.45, 7) is 0. The van der Waals surface area contributed by atoms with Crippen molar-refractivity contribution in [3.8, 4) is 95.7 Å². The maximum atomic E-state index is 4.98. The van der Waals surface area contributed by atoms with Crippen LogP contribution in [0, 0.1) is 95.7 Å². The van der Waals surface area contributed by atoms with Crippen molar-refractivity contribution in [2.45, 2.75) is 0 Å². The van der Waals surface area contributed by atoms with E-state index in [1.807, 2.05) is 12.1 Å². The molecule has 1 aromatic carbocycles. The molecule has 106 valence electrons. The summed E-state index contributed by atoms with van der Waals surface area (Å²) in [5.41, 5.74) is 1.52. The van der Waals surface area contributed by atoms with Gasteiger partial charge in [0.25, 0.3) is 0 Å². The first-order valence-electron chi connectivity index (χ1n) is 6.11. The second-order valence-electron chi connectivity index (χ2n) is 3.60. The van der Waals surface area contributed by atoms with Crippen molar-refractivity contribution < 1.29 is 0 Å². The molecule has 0 unspecified atom stereocenters. The molecule has 0 nitrogen and oxygen atoms in total. The van der Waals surface area contributed by atoms with E-state index in [2.05, 4.69) is 115 Å². The first-order valence-corrected chi connectivity index (χ1v) is 7.70. The van der Waals surface area contributed by atoms with Crippen LogP contribution in [-0.4, -0.2) is 0 Å². The Morgan fingerprint density at radius 3 is 1.25 bits per heavy atom. The van der Waals surface area contributed by atoms with Crippen molar-refractivity contribution >= 4 is 31.9 Å². The van der Waals surface area contributed by atoms with Crippen molar-refractivity contribution in [2.24, 2.45) is 0 Å². The fourth-order valence-electron chi connectivity index (χ4n) is 1.20. The molecule has 0 radical (unpaired) electrons. The number of hydrogen-bond acceptors (Lipinski definition) is 0. The lowest BCUT2D eigenvalue weighted by atomic mass is 10.1. The second kappa shape index (κ2) is 11.3. The Hall–Kier alpha value is -3.34. The van der Waals surface area contributed by atoms with Gasteiger partial charge in [-0.3, -0.25) is 0 Å². The third kappa shape index (κ3) is 7.09. The molecule has 1 aromatic rings. The van der Waals surface area contributed by atoms with Crippen molar-refractivity contribution in [2.75, 3.05) is 0 Å². The standard InChI is InChI=1S/C22H4Br2/c1-3-5-7-9-11-13-15-19-17-22(24)20(18-21(19)23)16-14-12-10-8-6-4-2/h1-2,17-18H. The zero-order chi connectivity index (χ0) is 17.6. The molecule has 0 aliphatic carbocycles. The molecule has 24 heavy (non-hydrogen) atoms. The Morgan fingerprint density at radius 2 is 0.875 bits per heavy atom. The lowest BCUT2D eigenvalue weighted by Gasteiger charge is -2.00. The minimum Gasteiger partial charge on any atom is -0.106 e. The average Bonchev–Trinajstić information content (AvgIpc) is 2.57. The van der Waals surface area contributed by atoms with Gasteiger partial charge in [-0.05, 0) is 115 Å². The van der Waals surface area contributed by atoms with Gasteiger partial charge in [-0.25, -0.2) is 0 Å². The van der Waals surface area contributed by atoms with Crippen molar-refractivity contribution in [1.82, 2.24) is 0 Å². The summed E-state index contributed by atoms with van der Waals surface area (Å²) >= 11 is 6.89. The smallest absolute Gasteiger partial charge is 0.0409 e. The highest BCUT2D eigenvalue weighted by molar-refractivity contribution is 9.11. The number of rotatable bonds is 0. The monoisotopic (exact) mass is 426 g/mol. The van der Waals surface area contributed by atoms with Gasteiger partial charge in [0.05, 0.1) is 0 Å². The minimum atomic E-state index is 0.762. The predicted octanol–water partition coefficient (Wildman–Crippen LogP) is 3.19. The summed E-state index contributed by atoms with van der Waals surface area (Å²) in [6.07, 6.45) is 9.95. The Labute approximate surface area is 159 Å². The normalized spacial score (nSPS) is 6.33. The fraction of sp³-hybridized carbons (Fsp3) is 0. The molecule has 0 fully saturated rings.